The van der Waals surface area contributed by atoms with E-state index in [0.29, 0.717) is 19.6 Å². The van der Waals surface area contributed by atoms with Gasteiger partial charge in [0, 0.05) is 19.3 Å². The summed E-state index contributed by atoms with van der Waals surface area (Å²) in [6.07, 6.45) is 1.74. The third-order valence-corrected chi connectivity index (χ3v) is 2.12. The molecule has 5 nitrogen and oxygen atoms in total. The van der Waals surface area contributed by atoms with Crippen LogP contribution in [0.1, 0.15) is 19.5 Å². The Balaban J connectivity index is 2.32. The van der Waals surface area contributed by atoms with Gasteiger partial charge in [0.25, 0.3) is 0 Å². The summed E-state index contributed by atoms with van der Waals surface area (Å²) >= 11 is 0. The van der Waals surface area contributed by atoms with Crippen molar-refractivity contribution in [2.75, 3.05) is 19.6 Å². The fourth-order valence-electron chi connectivity index (χ4n) is 1.27. The number of hydrogen-bond donors (Lipinski definition) is 2. The van der Waals surface area contributed by atoms with Gasteiger partial charge in [-0.3, -0.25) is 9.98 Å². The molecule has 2 N–H and O–H groups in total. The average molecular weight is 234 g/mol. The Morgan fingerprint density at radius 3 is 2.88 bits per heavy atom. The Bertz CT molecular complexity index is 375. The Labute approximate surface area is 101 Å². The van der Waals surface area contributed by atoms with Crippen molar-refractivity contribution in [1.29, 1.82) is 0 Å². The lowest BCUT2D eigenvalue weighted by atomic mass is 10.2. The second-order valence-corrected chi connectivity index (χ2v) is 3.47. The summed E-state index contributed by atoms with van der Waals surface area (Å²) in [6, 6.07) is 5.55. The molecule has 0 saturated heterocycles. The SMILES string of the molecule is CCNC(=O)NCCN=C(C)c1ccccn1. The highest BCUT2D eigenvalue weighted by atomic mass is 16.2. The zero-order valence-electron chi connectivity index (χ0n) is 10.2. The number of pyridine rings is 1. The molecule has 0 spiro atoms. The second kappa shape index (κ2) is 7.38. The van der Waals surface area contributed by atoms with Crippen molar-refractivity contribution in [3.63, 3.8) is 0 Å². The summed E-state index contributed by atoms with van der Waals surface area (Å²) in [5.41, 5.74) is 1.74. The summed E-state index contributed by atoms with van der Waals surface area (Å²) < 4.78 is 0. The molecule has 0 aliphatic carbocycles. The summed E-state index contributed by atoms with van der Waals surface area (Å²) in [7, 11) is 0. The van der Waals surface area contributed by atoms with Gasteiger partial charge < -0.3 is 10.6 Å². The molecule has 92 valence electrons. The molecule has 0 atom stereocenters. The first-order valence-electron chi connectivity index (χ1n) is 5.68. The number of carbonyl (C=O) groups is 1. The normalized spacial score (nSPS) is 11.1. The molecule has 1 rings (SSSR count). The van der Waals surface area contributed by atoms with Crippen molar-refractivity contribution in [3.8, 4) is 0 Å². The van der Waals surface area contributed by atoms with E-state index in [4.69, 9.17) is 0 Å². The maximum Gasteiger partial charge on any atom is 0.314 e. The average Bonchev–Trinajstić information content (AvgIpc) is 2.36. The molecule has 0 aromatic carbocycles. The molecule has 0 saturated carbocycles. The highest BCUT2D eigenvalue weighted by Gasteiger charge is 1.98. The van der Waals surface area contributed by atoms with Gasteiger partial charge in [-0.2, -0.15) is 0 Å². The van der Waals surface area contributed by atoms with Crippen LogP contribution in [0.2, 0.25) is 0 Å². The molecule has 2 amide bonds. The van der Waals surface area contributed by atoms with Gasteiger partial charge in [-0.05, 0) is 26.0 Å². The molecular weight excluding hydrogens is 216 g/mol. The number of carbonyl (C=O) groups excluding carboxylic acids is 1. The summed E-state index contributed by atoms with van der Waals surface area (Å²) in [4.78, 5) is 19.6. The van der Waals surface area contributed by atoms with Crippen LogP contribution in [0.25, 0.3) is 0 Å². The number of urea groups is 1. The van der Waals surface area contributed by atoms with Crippen molar-refractivity contribution < 1.29 is 4.79 Å². The minimum Gasteiger partial charge on any atom is -0.338 e. The highest BCUT2D eigenvalue weighted by molar-refractivity contribution is 5.96. The molecule has 1 aromatic rings. The maximum atomic E-state index is 11.1. The topological polar surface area (TPSA) is 66.4 Å². The van der Waals surface area contributed by atoms with E-state index >= 15 is 0 Å². The van der Waals surface area contributed by atoms with E-state index in [2.05, 4.69) is 20.6 Å². The van der Waals surface area contributed by atoms with Gasteiger partial charge in [-0.15, -0.1) is 0 Å². The predicted molar refractivity (Wildman–Crippen MR) is 68.4 cm³/mol. The van der Waals surface area contributed by atoms with Crippen molar-refractivity contribution in [2.24, 2.45) is 4.99 Å². The molecule has 1 aromatic heterocycles. The molecule has 0 aliphatic rings. The van der Waals surface area contributed by atoms with Crippen LogP contribution in [0.3, 0.4) is 0 Å². The first-order chi connectivity index (χ1) is 8.24. The summed E-state index contributed by atoms with van der Waals surface area (Å²) in [6.45, 7) is 5.50. The van der Waals surface area contributed by atoms with Gasteiger partial charge in [0.05, 0.1) is 18.0 Å². The number of hydrogen-bond acceptors (Lipinski definition) is 3. The highest BCUT2D eigenvalue weighted by Crippen LogP contribution is 1.95. The molecule has 5 heteroatoms. The molecule has 1 heterocycles. The van der Waals surface area contributed by atoms with Gasteiger partial charge in [0.2, 0.25) is 0 Å². The zero-order valence-corrected chi connectivity index (χ0v) is 10.2. The van der Waals surface area contributed by atoms with Crippen LogP contribution in [-0.4, -0.2) is 36.4 Å². The van der Waals surface area contributed by atoms with Gasteiger partial charge >= 0.3 is 6.03 Å². The molecule has 0 aliphatic heterocycles. The smallest absolute Gasteiger partial charge is 0.314 e. The van der Waals surface area contributed by atoms with Gasteiger partial charge in [-0.25, -0.2) is 4.79 Å². The van der Waals surface area contributed by atoms with Crippen molar-refractivity contribution in [1.82, 2.24) is 15.6 Å². The van der Waals surface area contributed by atoms with E-state index in [1.54, 1.807) is 6.20 Å². The van der Waals surface area contributed by atoms with Crippen LogP contribution in [0.4, 0.5) is 4.79 Å². The van der Waals surface area contributed by atoms with Gasteiger partial charge in [-0.1, -0.05) is 6.07 Å². The van der Waals surface area contributed by atoms with E-state index in [1.165, 1.54) is 0 Å². The predicted octanol–water partition coefficient (Wildman–Crippen LogP) is 1.21. The quantitative estimate of drug-likeness (QED) is 0.594. The van der Waals surface area contributed by atoms with Crippen LogP contribution in [0.15, 0.2) is 29.4 Å². The second-order valence-electron chi connectivity index (χ2n) is 3.47. The minimum atomic E-state index is -0.154. The standard InChI is InChI=1S/C12H18N4O/c1-3-13-12(17)16-9-8-14-10(2)11-6-4-5-7-15-11/h4-7H,3,8-9H2,1-2H3,(H2,13,16,17). The van der Waals surface area contributed by atoms with Gasteiger partial charge in [0.15, 0.2) is 0 Å². The number of rotatable bonds is 5. The third kappa shape index (κ3) is 5.10. The largest absolute Gasteiger partial charge is 0.338 e. The molecule has 0 fully saturated rings. The minimum absolute atomic E-state index is 0.154. The lowest BCUT2D eigenvalue weighted by Crippen LogP contribution is -2.36. The first kappa shape index (κ1) is 13.2. The van der Waals surface area contributed by atoms with Crippen molar-refractivity contribution in [3.05, 3.63) is 30.1 Å². The monoisotopic (exact) mass is 234 g/mol. The Morgan fingerprint density at radius 1 is 1.41 bits per heavy atom. The number of aliphatic imine (C=N–C) groups is 1. The van der Waals surface area contributed by atoms with E-state index in [1.807, 2.05) is 32.0 Å². The maximum absolute atomic E-state index is 11.1. The lowest BCUT2D eigenvalue weighted by molar-refractivity contribution is 0.241. The van der Waals surface area contributed by atoms with Crippen LogP contribution in [0, 0.1) is 0 Å². The van der Waals surface area contributed by atoms with Gasteiger partial charge in [0.1, 0.15) is 0 Å². The number of amides is 2. The zero-order chi connectivity index (χ0) is 12.5. The van der Waals surface area contributed by atoms with E-state index in [-0.39, 0.29) is 6.03 Å². The Hall–Kier alpha value is -1.91. The van der Waals surface area contributed by atoms with Crippen LogP contribution in [-0.2, 0) is 0 Å². The Morgan fingerprint density at radius 2 is 2.24 bits per heavy atom. The number of nitrogens with one attached hydrogen (secondary N) is 2. The first-order valence-corrected chi connectivity index (χ1v) is 5.68. The third-order valence-electron chi connectivity index (χ3n) is 2.12. The molecule has 17 heavy (non-hydrogen) atoms. The summed E-state index contributed by atoms with van der Waals surface area (Å²) in [5, 5.41) is 5.37. The van der Waals surface area contributed by atoms with E-state index in [0.717, 1.165) is 11.4 Å². The molecule has 0 bridgehead atoms. The van der Waals surface area contributed by atoms with Crippen LogP contribution in [0.5, 0.6) is 0 Å². The number of nitrogens with zero attached hydrogens (tertiary/aromatic N) is 2. The van der Waals surface area contributed by atoms with Crippen LogP contribution >= 0.6 is 0 Å². The van der Waals surface area contributed by atoms with E-state index < -0.39 is 0 Å². The summed E-state index contributed by atoms with van der Waals surface area (Å²) in [5.74, 6) is 0. The molecule has 0 unspecified atom stereocenters. The Kier molecular flexibility index (Phi) is 5.71. The fourth-order valence-corrected chi connectivity index (χ4v) is 1.27. The molecular formula is C12H18N4O. The van der Waals surface area contributed by atoms with Crippen molar-refractivity contribution in [2.45, 2.75) is 13.8 Å². The van der Waals surface area contributed by atoms with E-state index in [9.17, 15) is 4.79 Å². The van der Waals surface area contributed by atoms with Crippen LogP contribution < -0.4 is 10.6 Å². The van der Waals surface area contributed by atoms with Crippen molar-refractivity contribution >= 4 is 11.7 Å². The fraction of sp³-hybridized carbons (Fsp3) is 0.417. The number of aromatic nitrogens is 1. The lowest BCUT2D eigenvalue weighted by Gasteiger charge is -2.04. The molecule has 0 radical (unpaired) electrons.